The van der Waals surface area contributed by atoms with E-state index in [0.717, 1.165) is 75.4 Å². The maximum atomic E-state index is 13.0. The second-order valence-electron chi connectivity index (χ2n) is 7.78. The molecule has 0 atom stereocenters. The lowest BCUT2D eigenvalue weighted by Gasteiger charge is -2.31. The van der Waals surface area contributed by atoms with Gasteiger partial charge in [-0.25, -0.2) is 0 Å². The second-order valence-corrected chi connectivity index (χ2v) is 7.78. The van der Waals surface area contributed by atoms with E-state index in [-0.39, 0.29) is 5.91 Å². The lowest BCUT2D eigenvalue weighted by molar-refractivity contribution is 0.0759. The molecule has 0 bridgehead atoms. The van der Waals surface area contributed by atoms with E-state index in [1.54, 1.807) is 6.20 Å². The molecule has 0 aromatic carbocycles. The quantitative estimate of drug-likeness (QED) is 0.901. The van der Waals surface area contributed by atoms with Crippen LogP contribution in [0.1, 0.15) is 66.2 Å². The highest BCUT2D eigenvalue weighted by molar-refractivity contribution is 5.95. The summed E-state index contributed by atoms with van der Waals surface area (Å²) in [5.74, 6) is 0.551. The van der Waals surface area contributed by atoms with Gasteiger partial charge in [0.1, 0.15) is 0 Å². The summed E-state index contributed by atoms with van der Waals surface area (Å²) in [5.41, 5.74) is 2.95. The van der Waals surface area contributed by atoms with Gasteiger partial charge >= 0.3 is 0 Å². The van der Waals surface area contributed by atoms with Crippen molar-refractivity contribution in [3.05, 3.63) is 47.5 Å². The Kier molecular flexibility index (Phi) is 5.82. The molecule has 144 valence electrons. The van der Waals surface area contributed by atoms with Crippen molar-refractivity contribution in [1.29, 1.82) is 0 Å². The Labute approximate surface area is 161 Å². The molecule has 6 nitrogen and oxygen atoms in total. The van der Waals surface area contributed by atoms with Gasteiger partial charge in [-0.2, -0.15) is 5.10 Å². The number of pyridine rings is 1. The van der Waals surface area contributed by atoms with Gasteiger partial charge in [0.25, 0.3) is 5.91 Å². The summed E-state index contributed by atoms with van der Waals surface area (Å²) in [7, 11) is 0. The molecule has 2 aromatic heterocycles. The molecule has 4 rings (SSSR count). The van der Waals surface area contributed by atoms with Gasteiger partial charge in [0, 0.05) is 31.7 Å². The Morgan fingerprint density at radius 1 is 1.07 bits per heavy atom. The molecule has 2 fully saturated rings. The number of piperidine rings is 1. The number of nitrogens with zero attached hydrogens (tertiary/aromatic N) is 4. The topological polar surface area (TPSA) is 65.1 Å². The lowest BCUT2D eigenvalue weighted by Crippen LogP contribution is -2.35. The van der Waals surface area contributed by atoms with Crippen molar-refractivity contribution in [1.82, 2.24) is 25.0 Å². The van der Waals surface area contributed by atoms with E-state index in [1.807, 2.05) is 23.2 Å². The van der Waals surface area contributed by atoms with Crippen molar-refractivity contribution >= 4 is 5.91 Å². The van der Waals surface area contributed by atoms with Crippen LogP contribution in [0.2, 0.25) is 0 Å². The zero-order chi connectivity index (χ0) is 18.5. The number of carbonyl (C=O) groups excluding carboxylic acids is 1. The predicted octanol–water partition coefficient (Wildman–Crippen LogP) is 3.20. The summed E-state index contributed by atoms with van der Waals surface area (Å²) in [4.78, 5) is 21.9. The minimum absolute atomic E-state index is 0.163. The Hall–Kier alpha value is -2.21. The monoisotopic (exact) mass is 367 g/mol. The van der Waals surface area contributed by atoms with Crippen LogP contribution >= 0.6 is 0 Å². The molecule has 4 heterocycles. The number of carbonyl (C=O) groups is 1. The van der Waals surface area contributed by atoms with Crippen molar-refractivity contribution in [2.75, 3.05) is 26.2 Å². The molecule has 0 unspecified atom stereocenters. The molecule has 1 amide bonds. The first-order valence-corrected chi connectivity index (χ1v) is 10.3. The van der Waals surface area contributed by atoms with Crippen molar-refractivity contribution in [3.63, 3.8) is 0 Å². The number of nitrogens with one attached hydrogen (secondary N) is 1. The molecule has 27 heavy (non-hydrogen) atoms. The minimum Gasteiger partial charge on any atom is -0.339 e. The summed E-state index contributed by atoms with van der Waals surface area (Å²) < 4.78 is 0. The molecule has 1 N–H and O–H groups in total. The molecule has 6 heteroatoms. The zero-order valence-electron chi connectivity index (χ0n) is 15.9. The van der Waals surface area contributed by atoms with Crippen molar-refractivity contribution in [2.45, 2.75) is 51.0 Å². The maximum absolute atomic E-state index is 13.0. The van der Waals surface area contributed by atoms with Gasteiger partial charge in [-0.05, 0) is 50.9 Å². The fourth-order valence-electron chi connectivity index (χ4n) is 4.32. The van der Waals surface area contributed by atoms with Gasteiger partial charge in [0.15, 0.2) is 0 Å². The predicted molar refractivity (Wildman–Crippen MR) is 104 cm³/mol. The third kappa shape index (κ3) is 4.38. The van der Waals surface area contributed by atoms with Gasteiger partial charge in [0.2, 0.25) is 0 Å². The summed E-state index contributed by atoms with van der Waals surface area (Å²) in [6.07, 6.45) is 10.4. The number of likely N-dealkylation sites (tertiary alicyclic amines) is 2. The molecule has 2 aliphatic heterocycles. The van der Waals surface area contributed by atoms with Crippen LogP contribution in [0.5, 0.6) is 0 Å². The van der Waals surface area contributed by atoms with Gasteiger partial charge in [-0.3, -0.25) is 19.8 Å². The van der Waals surface area contributed by atoms with Crippen LogP contribution in [-0.4, -0.2) is 57.1 Å². The lowest BCUT2D eigenvalue weighted by atomic mass is 9.91. The number of hydrogen-bond donors (Lipinski definition) is 1. The average molecular weight is 367 g/mol. The van der Waals surface area contributed by atoms with Crippen LogP contribution in [0, 0.1) is 0 Å². The first-order valence-electron chi connectivity index (χ1n) is 10.3. The molecular formula is C21H29N5O. The molecule has 2 aliphatic rings. The number of amides is 1. The number of H-pyrrole nitrogens is 1. The van der Waals surface area contributed by atoms with E-state index in [9.17, 15) is 4.79 Å². The van der Waals surface area contributed by atoms with Gasteiger partial charge in [-0.1, -0.05) is 18.9 Å². The van der Waals surface area contributed by atoms with E-state index in [2.05, 4.69) is 26.1 Å². The normalized spacial score (nSPS) is 19.8. The summed E-state index contributed by atoms with van der Waals surface area (Å²) in [5, 5.41) is 7.37. The summed E-state index contributed by atoms with van der Waals surface area (Å²) in [6.45, 7) is 4.71. The molecule has 2 saturated heterocycles. The first kappa shape index (κ1) is 18.2. The molecule has 0 saturated carbocycles. The van der Waals surface area contributed by atoms with E-state index < -0.39 is 0 Å². The molecular weight excluding hydrogens is 338 g/mol. The van der Waals surface area contributed by atoms with E-state index in [0.29, 0.717) is 5.92 Å². The largest absolute Gasteiger partial charge is 0.339 e. The molecule has 0 spiro atoms. The standard InChI is InChI=1S/C21H29N5O/c27-21(26-11-5-1-2-6-12-26)19-15-23-24-20(19)17-8-13-25(14-9-17)16-18-7-3-4-10-22-18/h3-4,7,10,15,17H,1-2,5-6,8-9,11-14,16H2,(H,23,24). The van der Waals surface area contributed by atoms with Crippen LogP contribution in [0.4, 0.5) is 0 Å². The summed E-state index contributed by atoms with van der Waals surface area (Å²) >= 11 is 0. The second kappa shape index (κ2) is 8.65. The fourth-order valence-corrected chi connectivity index (χ4v) is 4.32. The zero-order valence-corrected chi connectivity index (χ0v) is 15.9. The van der Waals surface area contributed by atoms with Gasteiger partial charge in [-0.15, -0.1) is 0 Å². The van der Waals surface area contributed by atoms with Gasteiger partial charge < -0.3 is 4.90 Å². The third-order valence-electron chi connectivity index (χ3n) is 5.90. The SMILES string of the molecule is O=C(c1cn[nH]c1C1CCN(Cc2ccccn2)CC1)N1CCCCCC1. The Morgan fingerprint density at radius 3 is 2.56 bits per heavy atom. The van der Waals surface area contributed by atoms with E-state index in [4.69, 9.17) is 0 Å². The average Bonchev–Trinajstić information content (AvgIpc) is 3.03. The molecule has 0 radical (unpaired) electrons. The van der Waals surface area contributed by atoms with Crippen LogP contribution in [0.3, 0.4) is 0 Å². The highest BCUT2D eigenvalue weighted by atomic mass is 16.2. The van der Waals surface area contributed by atoms with Crippen molar-refractivity contribution < 1.29 is 4.79 Å². The van der Waals surface area contributed by atoms with Crippen LogP contribution in [0.15, 0.2) is 30.6 Å². The molecule has 2 aromatic rings. The van der Waals surface area contributed by atoms with Crippen LogP contribution in [0.25, 0.3) is 0 Å². The highest BCUT2D eigenvalue weighted by Gasteiger charge is 2.28. The summed E-state index contributed by atoms with van der Waals surface area (Å²) in [6, 6.07) is 6.08. The number of aromatic amines is 1. The van der Waals surface area contributed by atoms with Gasteiger partial charge in [0.05, 0.1) is 23.1 Å². The van der Waals surface area contributed by atoms with Crippen molar-refractivity contribution in [2.24, 2.45) is 0 Å². The van der Waals surface area contributed by atoms with Crippen molar-refractivity contribution in [3.8, 4) is 0 Å². The Morgan fingerprint density at radius 2 is 1.85 bits per heavy atom. The fraction of sp³-hybridized carbons (Fsp3) is 0.571. The van der Waals surface area contributed by atoms with Crippen LogP contribution in [-0.2, 0) is 6.54 Å². The Bertz CT molecular complexity index is 728. The Balaban J connectivity index is 1.38. The maximum Gasteiger partial charge on any atom is 0.257 e. The number of rotatable bonds is 4. The number of aromatic nitrogens is 3. The third-order valence-corrected chi connectivity index (χ3v) is 5.90. The first-order chi connectivity index (χ1) is 13.3. The van der Waals surface area contributed by atoms with E-state index in [1.165, 1.54) is 12.8 Å². The molecule has 0 aliphatic carbocycles. The highest BCUT2D eigenvalue weighted by Crippen LogP contribution is 2.30. The van der Waals surface area contributed by atoms with Crippen LogP contribution < -0.4 is 0 Å². The number of hydrogen-bond acceptors (Lipinski definition) is 4. The minimum atomic E-state index is 0.163. The smallest absolute Gasteiger partial charge is 0.257 e. The van der Waals surface area contributed by atoms with E-state index >= 15 is 0 Å².